The molecule has 0 aliphatic rings. The average molecular weight is 469 g/mol. The Morgan fingerprint density at radius 2 is 1.12 bits per heavy atom. The lowest BCUT2D eigenvalue weighted by Crippen LogP contribution is -2.26. The Bertz CT molecular complexity index is 702. The Hall–Kier alpha value is -1.68. The molecule has 1 N–H and O–H groups in total. The first-order chi connectivity index (χ1) is 16.7. The minimum absolute atomic E-state index is 0.920. The molecule has 1 aromatic heterocycles. The van der Waals surface area contributed by atoms with Crippen molar-refractivity contribution in [2.24, 2.45) is 0 Å². The van der Waals surface area contributed by atoms with Crippen molar-refractivity contribution in [3.05, 3.63) is 35.5 Å². The van der Waals surface area contributed by atoms with Crippen LogP contribution in [0.5, 0.6) is 0 Å². The molecule has 0 saturated heterocycles. The van der Waals surface area contributed by atoms with Crippen molar-refractivity contribution < 1.29 is 0 Å². The zero-order valence-corrected chi connectivity index (χ0v) is 22.6. The summed E-state index contributed by atoms with van der Waals surface area (Å²) in [5.41, 5.74) is 4.60. The maximum atomic E-state index is 4.43. The molecule has 4 heteroatoms. The summed E-state index contributed by atoms with van der Waals surface area (Å²) in [7, 11) is 0. The standard InChI is InChI=1S/C30H52N4/c1-4-6-8-10-12-14-16-18-24-34(25-19-17-15-13-11-9-7-5-2)26-29-30(32-33-31-29)28-22-20-27(3)21-23-28/h20-23H,4-19,24-26H2,1-3H3,(H,31,32,33). The second-order valence-corrected chi connectivity index (χ2v) is 10.2. The highest BCUT2D eigenvalue weighted by Gasteiger charge is 2.14. The summed E-state index contributed by atoms with van der Waals surface area (Å²) in [6.45, 7) is 9.99. The number of aryl methyl sites for hydroxylation is 1. The lowest BCUT2D eigenvalue weighted by Gasteiger charge is -2.22. The number of unbranched alkanes of at least 4 members (excludes halogenated alkanes) is 14. The first kappa shape index (κ1) is 28.6. The van der Waals surface area contributed by atoms with Gasteiger partial charge < -0.3 is 0 Å². The molecule has 0 fully saturated rings. The summed E-state index contributed by atoms with van der Waals surface area (Å²) < 4.78 is 0. The van der Waals surface area contributed by atoms with Crippen molar-refractivity contribution in [3.8, 4) is 11.3 Å². The summed E-state index contributed by atoms with van der Waals surface area (Å²) in [4.78, 5) is 2.64. The van der Waals surface area contributed by atoms with E-state index in [0.29, 0.717) is 0 Å². The Kier molecular flexibility index (Phi) is 15.6. The van der Waals surface area contributed by atoms with Crippen LogP contribution in [0, 0.1) is 6.92 Å². The van der Waals surface area contributed by atoms with Crippen molar-refractivity contribution in [1.82, 2.24) is 20.3 Å². The fourth-order valence-electron chi connectivity index (χ4n) is 4.73. The van der Waals surface area contributed by atoms with Gasteiger partial charge in [0.25, 0.3) is 0 Å². The molecule has 1 aromatic carbocycles. The molecule has 0 spiro atoms. The number of nitrogens with zero attached hydrogens (tertiary/aromatic N) is 3. The Morgan fingerprint density at radius 3 is 1.62 bits per heavy atom. The SMILES string of the molecule is CCCCCCCCCCN(CCCCCCCCCC)Cc1[nH]nnc1-c1ccc(C)cc1. The summed E-state index contributed by atoms with van der Waals surface area (Å²) in [5, 5.41) is 11.8. The predicted molar refractivity (Wildman–Crippen MR) is 147 cm³/mol. The number of aromatic amines is 1. The smallest absolute Gasteiger partial charge is 0.117 e. The van der Waals surface area contributed by atoms with Gasteiger partial charge in [0.2, 0.25) is 0 Å². The van der Waals surface area contributed by atoms with Gasteiger partial charge in [0.05, 0.1) is 5.69 Å². The van der Waals surface area contributed by atoms with Crippen molar-refractivity contribution in [2.75, 3.05) is 13.1 Å². The van der Waals surface area contributed by atoms with Gasteiger partial charge in [-0.15, -0.1) is 5.10 Å². The third-order valence-electron chi connectivity index (χ3n) is 6.98. The number of hydrogen-bond acceptors (Lipinski definition) is 3. The van der Waals surface area contributed by atoms with E-state index in [4.69, 9.17) is 0 Å². The second-order valence-electron chi connectivity index (χ2n) is 10.2. The Morgan fingerprint density at radius 1 is 0.647 bits per heavy atom. The van der Waals surface area contributed by atoms with Crippen LogP contribution in [-0.4, -0.2) is 33.4 Å². The molecular formula is C30H52N4. The van der Waals surface area contributed by atoms with E-state index in [1.807, 2.05) is 0 Å². The summed E-state index contributed by atoms with van der Waals surface area (Å²) in [6.07, 6.45) is 22.0. The molecule has 2 aromatic rings. The van der Waals surface area contributed by atoms with Gasteiger partial charge in [-0.3, -0.25) is 10.00 Å². The van der Waals surface area contributed by atoms with Crippen LogP contribution in [0.2, 0.25) is 0 Å². The van der Waals surface area contributed by atoms with Crippen LogP contribution >= 0.6 is 0 Å². The summed E-state index contributed by atoms with van der Waals surface area (Å²) in [6, 6.07) is 8.65. The Balaban J connectivity index is 1.81. The molecule has 0 radical (unpaired) electrons. The van der Waals surface area contributed by atoms with Crippen LogP contribution in [0.1, 0.15) is 128 Å². The van der Waals surface area contributed by atoms with Crippen LogP contribution in [0.25, 0.3) is 11.3 Å². The van der Waals surface area contributed by atoms with E-state index in [1.54, 1.807) is 0 Å². The molecule has 0 amide bonds. The predicted octanol–water partition coefficient (Wildman–Crippen LogP) is 8.86. The monoisotopic (exact) mass is 468 g/mol. The maximum absolute atomic E-state index is 4.43. The normalized spacial score (nSPS) is 11.5. The molecule has 34 heavy (non-hydrogen) atoms. The van der Waals surface area contributed by atoms with Crippen molar-refractivity contribution >= 4 is 0 Å². The number of benzene rings is 1. The molecule has 2 rings (SSSR count). The van der Waals surface area contributed by atoms with Gasteiger partial charge in [0.15, 0.2) is 0 Å². The topological polar surface area (TPSA) is 44.8 Å². The minimum atomic E-state index is 0.920. The lowest BCUT2D eigenvalue weighted by atomic mass is 10.1. The van der Waals surface area contributed by atoms with E-state index in [1.165, 1.54) is 121 Å². The highest BCUT2D eigenvalue weighted by Crippen LogP contribution is 2.22. The van der Waals surface area contributed by atoms with E-state index in [2.05, 4.69) is 65.3 Å². The van der Waals surface area contributed by atoms with E-state index >= 15 is 0 Å². The summed E-state index contributed by atoms with van der Waals surface area (Å²) >= 11 is 0. The molecular weight excluding hydrogens is 416 g/mol. The molecule has 1 heterocycles. The first-order valence-corrected chi connectivity index (χ1v) is 14.4. The van der Waals surface area contributed by atoms with Crippen LogP contribution in [0.15, 0.2) is 24.3 Å². The van der Waals surface area contributed by atoms with E-state index in [-0.39, 0.29) is 0 Å². The van der Waals surface area contributed by atoms with Gasteiger partial charge in [0, 0.05) is 12.1 Å². The van der Waals surface area contributed by atoms with Gasteiger partial charge in [-0.05, 0) is 32.9 Å². The number of hydrogen-bond donors (Lipinski definition) is 1. The molecule has 0 saturated carbocycles. The van der Waals surface area contributed by atoms with Crippen LogP contribution in [-0.2, 0) is 6.54 Å². The summed E-state index contributed by atoms with van der Waals surface area (Å²) in [5.74, 6) is 0. The number of H-pyrrole nitrogens is 1. The number of nitrogens with one attached hydrogen (secondary N) is 1. The largest absolute Gasteiger partial charge is 0.297 e. The van der Waals surface area contributed by atoms with Crippen molar-refractivity contribution in [2.45, 2.75) is 130 Å². The van der Waals surface area contributed by atoms with E-state index in [9.17, 15) is 0 Å². The van der Waals surface area contributed by atoms with Gasteiger partial charge in [-0.2, -0.15) is 0 Å². The third-order valence-corrected chi connectivity index (χ3v) is 6.98. The van der Waals surface area contributed by atoms with Gasteiger partial charge in [0.1, 0.15) is 5.69 Å². The number of aromatic nitrogens is 3. The molecule has 4 nitrogen and oxygen atoms in total. The lowest BCUT2D eigenvalue weighted by molar-refractivity contribution is 0.249. The molecule has 0 aliphatic heterocycles. The van der Waals surface area contributed by atoms with Gasteiger partial charge in [-0.1, -0.05) is 139 Å². The molecule has 0 bridgehead atoms. The Labute approximate surface area is 210 Å². The molecule has 0 unspecified atom stereocenters. The van der Waals surface area contributed by atoms with Crippen LogP contribution in [0.4, 0.5) is 0 Å². The van der Waals surface area contributed by atoms with E-state index < -0.39 is 0 Å². The first-order valence-electron chi connectivity index (χ1n) is 14.4. The van der Waals surface area contributed by atoms with Gasteiger partial charge in [-0.25, -0.2) is 0 Å². The maximum Gasteiger partial charge on any atom is 0.117 e. The molecule has 192 valence electrons. The minimum Gasteiger partial charge on any atom is -0.297 e. The van der Waals surface area contributed by atoms with Crippen LogP contribution < -0.4 is 0 Å². The fraction of sp³-hybridized carbons (Fsp3) is 0.733. The molecule has 0 aliphatic carbocycles. The quantitative estimate of drug-likeness (QED) is 0.186. The highest BCUT2D eigenvalue weighted by molar-refractivity contribution is 5.61. The fourth-order valence-corrected chi connectivity index (χ4v) is 4.73. The number of rotatable bonds is 21. The van der Waals surface area contributed by atoms with E-state index in [0.717, 1.165) is 23.5 Å². The zero-order chi connectivity index (χ0) is 24.3. The van der Waals surface area contributed by atoms with Crippen molar-refractivity contribution in [3.63, 3.8) is 0 Å². The molecule has 0 atom stereocenters. The third kappa shape index (κ3) is 12.1. The highest BCUT2D eigenvalue weighted by atomic mass is 15.3. The van der Waals surface area contributed by atoms with Crippen molar-refractivity contribution in [1.29, 1.82) is 0 Å². The van der Waals surface area contributed by atoms with Crippen LogP contribution in [0.3, 0.4) is 0 Å². The zero-order valence-electron chi connectivity index (χ0n) is 22.6. The second kappa shape index (κ2) is 18.6. The van der Waals surface area contributed by atoms with Gasteiger partial charge >= 0.3 is 0 Å². The average Bonchev–Trinajstić information content (AvgIpc) is 3.30.